The van der Waals surface area contributed by atoms with Gasteiger partial charge in [0.25, 0.3) is 5.91 Å². The smallest absolute Gasteiger partial charge is 0.338 e. The van der Waals surface area contributed by atoms with Gasteiger partial charge < -0.3 is 18.9 Å². The molecule has 0 saturated heterocycles. The van der Waals surface area contributed by atoms with Crippen LogP contribution in [-0.2, 0) is 9.53 Å². The van der Waals surface area contributed by atoms with Crippen LogP contribution in [0.15, 0.2) is 65.1 Å². The molecule has 35 heavy (non-hydrogen) atoms. The summed E-state index contributed by atoms with van der Waals surface area (Å²) < 4.78 is 21.5. The molecule has 2 heterocycles. The minimum atomic E-state index is -0.592. The zero-order valence-electron chi connectivity index (χ0n) is 19.7. The highest BCUT2D eigenvalue weighted by Crippen LogP contribution is 2.37. The van der Waals surface area contributed by atoms with Gasteiger partial charge in [-0.3, -0.25) is 4.79 Å². The average Bonchev–Trinajstić information content (AvgIpc) is 3.58. The van der Waals surface area contributed by atoms with Gasteiger partial charge in [-0.15, -0.1) is 11.3 Å². The predicted octanol–water partition coefficient (Wildman–Crippen LogP) is 4.70. The fraction of sp³-hybridized carbons (Fsp3) is 0.269. The molecule has 4 rings (SSSR count). The van der Waals surface area contributed by atoms with E-state index in [4.69, 9.17) is 18.9 Å². The Bertz CT molecular complexity index is 1210. The number of hydrogen-bond acceptors (Lipinski definition) is 8. The molecule has 0 fully saturated rings. The van der Waals surface area contributed by atoms with E-state index in [1.807, 2.05) is 36.6 Å². The van der Waals surface area contributed by atoms with Crippen LogP contribution in [0.3, 0.4) is 0 Å². The topological polar surface area (TPSA) is 86.7 Å². The first-order valence-corrected chi connectivity index (χ1v) is 12.0. The summed E-state index contributed by atoms with van der Waals surface area (Å²) in [5.74, 6) is 0.798. The lowest BCUT2D eigenvalue weighted by molar-refractivity contribution is -0.136. The monoisotopic (exact) mass is 494 g/mol. The van der Waals surface area contributed by atoms with Crippen molar-refractivity contribution in [1.29, 1.82) is 0 Å². The van der Waals surface area contributed by atoms with E-state index in [1.165, 1.54) is 5.01 Å². The second kappa shape index (κ2) is 11.1. The maximum Gasteiger partial charge on any atom is 0.338 e. The number of ether oxygens (including phenoxy) is 4. The molecule has 0 aliphatic carbocycles. The molecule has 0 radical (unpaired) electrons. The number of benzene rings is 2. The Hall–Kier alpha value is -3.85. The summed E-state index contributed by atoms with van der Waals surface area (Å²) in [6.45, 7) is 1.98. The third-order valence-corrected chi connectivity index (χ3v) is 6.41. The molecular weight excluding hydrogens is 468 g/mol. The SMILES string of the molecule is CCOc1ccc(C(=O)OCC(=O)N2N=C(c3cccs3)C[C@H]2c2ccc(OC)c(OC)c2)cc1. The Kier molecular flexibility index (Phi) is 7.67. The van der Waals surface area contributed by atoms with Crippen molar-refractivity contribution >= 4 is 28.9 Å². The highest BCUT2D eigenvalue weighted by Gasteiger charge is 2.34. The third-order valence-electron chi connectivity index (χ3n) is 5.49. The molecule has 2 aromatic carbocycles. The van der Waals surface area contributed by atoms with Crippen molar-refractivity contribution in [2.24, 2.45) is 5.10 Å². The fourth-order valence-corrected chi connectivity index (χ4v) is 4.50. The van der Waals surface area contributed by atoms with Crippen LogP contribution in [-0.4, -0.2) is 50.0 Å². The molecule has 1 aliphatic rings. The van der Waals surface area contributed by atoms with Crippen LogP contribution in [0.5, 0.6) is 17.2 Å². The van der Waals surface area contributed by atoms with E-state index in [-0.39, 0.29) is 6.04 Å². The molecule has 0 bridgehead atoms. The molecule has 3 aromatic rings. The minimum absolute atomic E-state index is 0.335. The Balaban J connectivity index is 1.52. The number of nitrogens with zero attached hydrogens (tertiary/aromatic N) is 2. The summed E-state index contributed by atoms with van der Waals surface area (Å²) >= 11 is 1.56. The van der Waals surface area contributed by atoms with E-state index in [2.05, 4.69) is 5.10 Å². The third kappa shape index (κ3) is 5.46. The lowest BCUT2D eigenvalue weighted by atomic mass is 10.0. The highest BCUT2D eigenvalue weighted by molar-refractivity contribution is 7.12. The summed E-state index contributed by atoms with van der Waals surface area (Å²) in [6, 6.07) is 15.6. The van der Waals surface area contributed by atoms with Gasteiger partial charge in [0.1, 0.15) is 5.75 Å². The summed E-state index contributed by atoms with van der Waals surface area (Å²) in [5, 5.41) is 7.96. The molecule has 9 heteroatoms. The van der Waals surface area contributed by atoms with Crippen molar-refractivity contribution in [3.05, 3.63) is 76.0 Å². The molecular formula is C26H26N2O6S. The molecule has 0 saturated carbocycles. The zero-order valence-corrected chi connectivity index (χ0v) is 20.5. The molecule has 1 aliphatic heterocycles. The minimum Gasteiger partial charge on any atom is -0.494 e. The number of amides is 1. The van der Waals surface area contributed by atoms with E-state index >= 15 is 0 Å². The van der Waals surface area contributed by atoms with Crippen LogP contribution in [0.2, 0.25) is 0 Å². The largest absolute Gasteiger partial charge is 0.494 e. The van der Waals surface area contributed by atoms with Crippen molar-refractivity contribution < 1.29 is 28.5 Å². The number of hydrazone groups is 1. The van der Waals surface area contributed by atoms with Crippen molar-refractivity contribution in [1.82, 2.24) is 5.01 Å². The normalized spacial score (nSPS) is 14.9. The molecule has 8 nitrogen and oxygen atoms in total. The van der Waals surface area contributed by atoms with Gasteiger partial charge in [0.2, 0.25) is 0 Å². The average molecular weight is 495 g/mol. The van der Waals surface area contributed by atoms with E-state index in [0.717, 1.165) is 16.2 Å². The van der Waals surface area contributed by atoms with Gasteiger partial charge in [-0.05, 0) is 60.3 Å². The maximum atomic E-state index is 13.2. The molecule has 0 spiro atoms. The Labute approximate surface area is 207 Å². The van der Waals surface area contributed by atoms with Crippen molar-refractivity contribution in [3.63, 3.8) is 0 Å². The van der Waals surface area contributed by atoms with Gasteiger partial charge in [0.05, 0.1) is 43.0 Å². The fourth-order valence-electron chi connectivity index (χ4n) is 3.78. The van der Waals surface area contributed by atoms with Crippen molar-refractivity contribution in [3.8, 4) is 17.2 Å². The Morgan fingerprint density at radius 3 is 2.49 bits per heavy atom. The van der Waals surface area contributed by atoms with Crippen LogP contribution in [0.1, 0.15) is 40.2 Å². The van der Waals surface area contributed by atoms with Crippen LogP contribution in [0.25, 0.3) is 0 Å². The summed E-state index contributed by atoms with van der Waals surface area (Å²) in [5.41, 5.74) is 1.97. The lowest BCUT2D eigenvalue weighted by Crippen LogP contribution is -2.31. The van der Waals surface area contributed by atoms with Gasteiger partial charge in [0.15, 0.2) is 18.1 Å². The van der Waals surface area contributed by atoms with Crippen LogP contribution in [0, 0.1) is 0 Å². The number of hydrogen-bond donors (Lipinski definition) is 0. The molecule has 1 aromatic heterocycles. The van der Waals surface area contributed by atoms with E-state index < -0.39 is 18.5 Å². The van der Waals surface area contributed by atoms with Gasteiger partial charge in [-0.2, -0.15) is 5.10 Å². The lowest BCUT2D eigenvalue weighted by Gasteiger charge is -2.22. The van der Waals surface area contributed by atoms with Gasteiger partial charge in [-0.1, -0.05) is 12.1 Å². The Morgan fingerprint density at radius 2 is 1.83 bits per heavy atom. The summed E-state index contributed by atoms with van der Waals surface area (Å²) in [4.78, 5) is 26.6. The van der Waals surface area contributed by atoms with Gasteiger partial charge >= 0.3 is 5.97 Å². The first-order chi connectivity index (χ1) is 17.0. The number of methoxy groups -OCH3 is 2. The summed E-state index contributed by atoms with van der Waals surface area (Å²) in [6.07, 6.45) is 0.522. The van der Waals surface area contributed by atoms with Crippen molar-refractivity contribution in [2.45, 2.75) is 19.4 Å². The van der Waals surface area contributed by atoms with Crippen LogP contribution >= 0.6 is 11.3 Å². The number of carbonyl (C=O) groups is 2. The van der Waals surface area contributed by atoms with Crippen LogP contribution in [0.4, 0.5) is 0 Å². The predicted molar refractivity (Wildman–Crippen MR) is 132 cm³/mol. The second-order valence-electron chi connectivity index (χ2n) is 7.63. The first kappa shape index (κ1) is 24.3. The number of rotatable bonds is 9. The second-order valence-corrected chi connectivity index (χ2v) is 8.58. The quantitative estimate of drug-likeness (QED) is 0.401. The van der Waals surface area contributed by atoms with E-state index in [1.54, 1.807) is 55.9 Å². The first-order valence-electron chi connectivity index (χ1n) is 11.1. The van der Waals surface area contributed by atoms with Gasteiger partial charge in [0, 0.05) is 6.42 Å². The van der Waals surface area contributed by atoms with Gasteiger partial charge in [-0.25, -0.2) is 9.80 Å². The molecule has 0 unspecified atom stereocenters. The molecule has 1 atom stereocenters. The Morgan fingerprint density at radius 1 is 1.06 bits per heavy atom. The molecule has 182 valence electrons. The summed E-state index contributed by atoms with van der Waals surface area (Å²) in [7, 11) is 3.13. The number of carbonyl (C=O) groups excluding carboxylic acids is 2. The maximum absolute atomic E-state index is 13.2. The van der Waals surface area contributed by atoms with Crippen molar-refractivity contribution in [2.75, 3.05) is 27.4 Å². The molecule has 0 N–H and O–H groups in total. The van der Waals surface area contributed by atoms with E-state index in [0.29, 0.717) is 35.8 Å². The standard InChI is InChI=1S/C26H26N2O6S/c1-4-33-19-10-7-17(8-11-19)26(30)34-16-25(29)28-21(15-20(27-28)24-6-5-13-35-24)18-9-12-22(31-2)23(14-18)32-3/h5-14,21H,4,15-16H2,1-3H3/t21-/m0/s1. The highest BCUT2D eigenvalue weighted by atomic mass is 32.1. The molecule has 1 amide bonds. The zero-order chi connectivity index (χ0) is 24.8. The van der Waals surface area contributed by atoms with Crippen LogP contribution < -0.4 is 14.2 Å². The number of thiophene rings is 1. The number of esters is 1. The van der Waals surface area contributed by atoms with E-state index in [9.17, 15) is 9.59 Å².